The van der Waals surface area contributed by atoms with Crippen molar-refractivity contribution in [3.05, 3.63) is 59.7 Å². The third-order valence-electron chi connectivity index (χ3n) is 4.01. The van der Waals surface area contributed by atoms with E-state index in [1.165, 1.54) is 5.56 Å². The fourth-order valence-electron chi connectivity index (χ4n) is 2.57. The molecule has 0 heterocycles. The number of nitrogens with one attached hydrogen (secondary N) is 1. The zero-order valence-corrected chi connectivity index (χ0v) is 15.8. The highest BCUT2D eigenvalue weighted by molar-refractivity contribution is 7.80. The quantitative estimate of drug-likeness (QED) is 0.739. The molecule has 0 spiro atoms. The van der Waals surface area contributed by atoms with Crippen LogP contribution in [0.15, 0.2) is 48.5 Å². The van der Waals surface area contributed by atoms with Gasteiger partial charge in [-0.1, -0.05) is 36.4 Å². The molecule has 5 heteroatoms. The van der Waals surface area contributed by atoms with Gasteiger partial charge in [-0.05, 0) is 55.7 Å². The Balaban J connectivity index is 1.96. The van der Waals surface area contributed by atoms with Gasteiger partial charge in [-0.25, -0.2) is 0 Å². The van der Waals surface area contributed by atoms with Gasteiger partial charge in [0.25, 0.3) is 0 Å². The fraction of sp³-hybridized carbons (Fsp3) is 0.350. The molecule has 0 atom stereocenters. The minimum absolute atomic E-state index is 0.144. The van der Waals surface area contributed by atoms with Crippen molar-refractivity contribution < 1.29 is 9.84 Å². The molecule has 0 radical (unpaired) electrons. The average Bonchev–Trinajstić information content (AvgIpc) is 2.61. The van der Waals surface area contributed by atoms with Crippen molar-refractivity contribution in [1.29, 1.82) is 0 Å². The Morgan fingerprint density at radius 2 is 1.88 bits per heavy atom. The van der Waals surface area contributed by atoms with E-state index in [9.17, 15) is 5.11 Å². The molecule has 2 aromatic rings. The molecule has 0 aliphatic heterocycles. The van der Waals surface area contributed by atoms with E-state index >= 15 is 0 Å². The highest BCUT2D eigenvalue weighted by atomic mass is 32.1. The van der Waals surface area contributed by atoms with E-state index in [4.69, 9.17) is 17.0 Å². The van der Waals surface area contributed by atoms with Crippen molar-refractivity contribution in [3.8, 4) is 11.5 Å². The summed E-state index contributed by atoms with van der Waals surface area (Å²) in [7, 11) is 1.55. The van der Waals surface area contributed by atoms with Crippen LogP contribution in [0.4, 0.5) is 0 Å². The predicted octanol–water partition coefficient (Wildman–Crippen LogP) is 3.73. The van der Waals surface area contributed by atoms with Crippen LogP contribution in [0.3, 0.4) is 0 Å². The van der Waals surface area contributed by atoms with Gasteiger partial charge in [-0.2, -0.15) is 0 Å². The fourth-order valence-corrected chi connectivity index (χ4v) is 2.94. The number of ether oxygens (including phenoxy) is 1. The molecule has 0 saturated heterocycles. The molecule has 0 bridgehead atoms. The Morgan fingerprint density at radius 1 is 1.16 bits per heavy atom. The first kappa shape index (κ1) is 19.1. The second kappa shape index (κ2) is 9.28. The van der Waals surface area contributed by atoms with Gasteiger partial charge in [-0.15, -0.1) is 0 Å². The Labute approximate surface area is 155 Å². The molecule has 0 aromatic heterocycles. The lowest BCUT2D eigenvalue weighted by molar-refractivity contribution is 0.335. The van der Waals surface area contributed by atoms with Crippen LogP contribution >= 0.6 is 12.2 Å². The lowest BCUT2D eigenvalue weighted by atomic mass is 10.1. The summed E-state index contributed by atoms with van der Waals surface area (Å²) in [5.74, 6) is 0.620. The number of thiocarbonyl (C=S) groups is 1. The van der Waals surface area contributed by atoms with E-state index in [0.717, 1.165) is 23.6 Å². The van der Waals surface area contributed by atoms with E-state index in [1.807, 2.05) is 30.3 Å². The van der Waals surface area contributed by atoms with E-state index < -0.39 is 0 Å². The predicted molar refractivity (Wildman–Crippen MR) is 106 cm³/mol. The molecule has 2 aromatic carbocycles. The van der Waals surface area contributed by atoms with Gasteiger partial charge >= 0.3 is 0 Å². The van der Waals surface area contributed by atoms with Crippen molar-refractivity contribution >= 4 is 17.3 Å². The summed E-state index contributed by atoms with van der Waals surface area (Å²) < 4.78 is 5.19. The summed E-state index contributed by atoms with van der Waals surface area (Å²) >= 11 is 5.59. The SMILES string of the molecule is COc1cc(CN(C(=S)NCCc2ccccc2)C(C)C)ccc1O. The smallest absolute Gasteiger partial charge is 0.169 e. The molecule has 2 N–H and O–H groups in total. The average molecular weight is 359 g/mol. The number of hydrogen-bond donors (Lipinski definition) is 2. The standard InChI is InChI=1S/C20H26N2O2S/c1-15(2)22(14-17-9-10-18(23)19(13-17)24-3)20(25)21-12-11-16-7-5-4-6-8-16/h4-10,13,15,23H,11-12,14H2,1-3H3,(H,21,25). The first-order chi connectivity index (χ1) is 12.0. The highest BCUT2D eigenvalue weighted by Crippen LogP contribution is 2.27. The molecular formula is C20H26N2O2S. The maximum atomic E-state index is 9.74. The summed E-state index contributed by atoms with van der Waals surface area (Å²) in [6, 6.07) is 16.0. The molecule has 4 nitrogen and oxygen atoms in total. The second-order valence-electron chi connectivity index (χ2n) is 6.20. The number of phenolic OH excluding ortho intramolecular Hbond substituents is 1. The summed E-state index contributed by atoms with van der Waals surface area (Å²) in [6.07, 6.45) is 0.931. The summed E-state index contributed by atoms with van der Waals surface area (Å²) in [5, 5.41) is 13.8. The highest BCUT2D eigenvalue weighted by Gasteiger charge is 2.15. The van der Waals surface area contributed by atoms with Gasteiger partial charge in [0.1, 0.15) is 0 Å². The van der Waals surface area contributed by atoms with Crippen molar-refractivity contribution in [2.75, 3.05) is 13.7 Å². The Bertz CT molecular complexity index is 689. The number of nitrogens with zero attached hydrogens (tertiary/aromatic N) is 1. The Kier molecular flexibility index (Phi) is 7.07. The van der Waals surface area contributed by atoms with Crippen LogP contribution in [0.2, 0.25) is 0 Å². The monoisotopic (exact) mass is 358 g/mol. The number of benzene rings is 2. The van der Waals surface area contributed by atoms with Crippen molar-refractivity contribution in [2.45, 2.75) is 32.9 Å². The minimum atomic E-state index is 0.144. The zero-order valence-electron chi connectivity index (χ0n) is 15.0. The van der Waals surface area contributed by atoms with Crippen molar-refractivity contribution in [2.24, 2.45) is 0 Å². The van der Waals surface area contributed by atoms with E-state index in [2.05, 4.69) is 36.2 Å². The first-order valence-electron chi connectivity index (χ1n) is 8.45. The zero-order chi connectivity index (χ0) is 18.2. The first-order valence-corrected chi connectivity index (χ1v) is 8.86. The van der Waals surface area contributed by atoms with Crippen LogP contribution in [0, 0.1) is 0 Å². The molecule has 2 rings (SSSR count). The van der Waals surface area contributed by atoms with Crippen LogP contribution < -0.4 is 10.1 Å². The maximum Gasteiger partial charge on any atom is 0.169 e. The Hall–Kier alpha value is -2.27. The van der Waals surface area contributed by atoms with Crippen LogP contribution in [0.1, 0.15) is 25.0 Å². The molecule has 0 aliphatic carbocycles. The molecule has 0 fully saturated rings. The molecule has 0 amide bonds. The van der Waals surface area contributed by atoms with Crippen LogP contribution in [0.25, 0.3) is 0 Å². The van der Waals surface area contributed by atoms with Gasteiger partial charge in [0.15, 0.2) is 16.6 Å². The lowest BCUT2D eigenvalue weighted by Gasteiger charge is -2.30. The third-order valence-corrected chi connectivity index (χ3v) is 4.39. The van der Waals surface area contributed by atoms with Crippen LogP contribution in [-0.4, -0.2) is 34.8 Å². The maximum absolute atomic E-state index is 9.74. The van der Waals surface area contributed by atoms with E-state index in [-0.39, 0.29) is 11.8 Å². The summed E-state index contributed by atoms with van der Waals surface area (Å²) in [5.41, 5.74) is 2.33. The van der Waals surface area contributed by atoms with Gasteiger partial charge in [0.05, 0.1) is 7.11 Å². The van der Waals surface area contributed by atoms with Gasteiger partial charge in [0, 0.05) is 19.1 Å². The second-order valence-corrected chi connectivity index (χ2v) is 6.58. The largest absolute Gasteiger partial charge is 0.504 e. The number of phenols is 1. The lowest BCUT2D eigenvalue weighted by Crippen LogP contribution is -2.43. The van der Waals surface area contributed by atoms with Gasteiger partial charge < -0.3 is 20.1 Å². The van der Waals surface area contributed by atoms with E-state index in [0.29, 0.717) is 12.3 Å². The van der Waals surface area contributed by atoms with E-state index in [1.54, 1.807) is 13.2 Å². The number of methoxy groups -OCH3 is 1. The Morgan fingerprint density at radius 3 is 2.52 bits per heavy atom. The molecule has 0 saturated carbocycles. The number of aromatic hydroxyl groups is 1. The number of hydrogen-bond acceptors (Lipinski definition) is 3. The van der Waals surface area contributed by atoms with Crippen molar-refractivity contribution in [3.63, 3.8) is 0 Å². The molecule has 25 heavy (non-hydrogen) atoms. The van der Waals surface area contributed by atoms with Crippen molar-refractivity contribution in [1.82, 2.24) is 10.2 Å². The minimum Gasteiger partial charge on any atom is -0.504 e. The summed E-state index contributed by atoms with van der Waals surface area (Å²) in [4.78, 5) is 2.13. The van der Waals surface area contributed by atoms with Crippen LogP contribution in [0.5, 0.6) is 11.5 Å². The molecule has 0 aliphatic rings. The topological polar surface area (TPSA) is 44.7 Å². The molecule has 0 unspecified atom stereocenters. The summed E-state index contributed by atoms with van der Waals surface area (Å²) in [6.45, 7) is 5.68. The van der Waals surface area contributed by atoms with Gasteiger partial charge in [0.2, 0.25) is 0 Å². The normalized spacial score (nSPS) is 10.6. The molecule has 134 valence electrons. The third kappa shape index (κ3) is 5.64. The number of rotatable bonds is 7. The van der Waals surface area contributed by atoms with Gasteiger partial charge in [-0.3, -0.25) is 0 Å². The van der Waals surface area contributed by atoms with Crippen LogP contribution in [-0.2, 0) is 13.0 Å². The molecular weight excluding hydrogens is 332 g/mol.